The molecule has 0 amide bonds. The molecule has 0 spiro atoms. The molecule has 1 unspecified atom stereocenters. The summed E-state index contributed by atoms with van der Waals surface area (Å²) >= 11 is 0. The number of nitrogens with zero attached hydrogens (tertiary/aromatic N) is 1. The molecule has 1 N–H and O–H groups in total. The quantitative estimate of drug-likeness (QED) is 0.590. The lowest BCUT2D eigenvalue weighted by atomic mass is 10.0. The first-order valence-electron chi connectivity index (χ1n) is 8.52. The lowest BCUT2D eigenvalue weighted by molar-refractivity contribution is 0.241. The molecule has 3 heteroatoms. The van der Waals surface area contributed by atoms with Crippen LogP contribution in [0.4, 0.5) is 0 Å². The molecule has 0 aromatic carbocycles. The molecule has 0 aliphatic carbocycles. The van der Waals surface area contributed by atoms with Gasteiger partial charge in [-0.05, 0) is 44.9 Å². The fourth-order valence-electron chi connectivity index (χ4n) is 2.44. The number of unbranched alkanes of at least 4 members (excludes halogenated alkanes) is 3. The van der Waals surface area contributed by atoms with Crippen LogP contribution < -0.4 is 10.1 Å². The third kappa shape index (κ3) is 7.47. The summed E-state index contributed by atoms with van der Waals surface area (Å²) in [6, 6.07) is 2.53. The zero-order chi connectivity index (χ0) is 15.5. The Balaban J connectivity index is 2.66. The van der Waals surface area contributed by atoms with Crippen LogP contribution in [0.5, 0.6) is 5.75 Å². The van der Waals surface area contributed by atoms with Crippen LogP contribution in [0.25, 0.3) is 0 Å². The summed E-state index contributed by atoms with van der Waals surface area (Å²) in [6.07, 6.45) is 11.5. The van der Waals surface area contributed by atoms with E-state index in [4.69, 9.17) is 4.74 Å². The predicted molar refractivity (Wildman–Crippen MR) is 89.8 cm³/mol. The Morgan fingerprint density at radius 2 is 1.90 bits per heavy atom. The molecule has 0 aliphatic heterocycles. The third-order valence-corrected chi connectivity index (χ3v) is 3.50. The number of aromatic nitrogens is 1. The van der Waals surface area contributed by atoms with E-state index in [9.17, 15) is 0 Å². The SMILES string of the molecule is CCCCCCC(NCCC)c1cncc(OC(C)C)c1. The minimum atomic E-state index is 0.189. The highest BCUT2D eigenvalue weighted by molar-refractivity contribution is 5.26. The molecular formula is C18H32N2O. The average Bonchev–Trinajstić information content (AvgIpc) is 2.46. The normalized spacial score (nSPS) is 12.6. The van der Waals surface area contributed by atoms with E-state index in [0.717, 1.165) is 18.7 Å². The van der Waals surface area contributed by atoms with Gasteiger partial charge in [0.1, 0.15) is 5.75 Å². The summed E-state index contributed by atoms with van der Waals surface area (Å²) in [6.45, 7) is 9.60. The molecule has 120 valence electrons. The second-order valence-corrected chi connectivity index (χ2v) is 5.98. The van der Waals surface area contributed by atoms with Crippen molar-refractivity contribution in [3.8, 4) is 5.75 Å². The van der Waals surface area contributed by atoms with Gasteiger partial charge in [-0.2, -0.15) is 0 Å². The van der Waals surface area contributed by atoms with Crippen LogP contribution in [-0.2, 0) is 0 Å². The summed E-state index contributed by atoms with van der Waals surface area (Å²) in [5.74, 6) is 0.874. The summed E-state index contributed by atoms with van der Waals surface area (Å²) in [5.41, 5.74) is 1.25. The molecule has 0 radical (unpaired) electrons. The van der Waals surface area contributed by atoms with Gasteiger partial charge in [0.05, 0.1) is 12.3 Å². The van der Waals surface area contributed by atoms with E-state index in [2.05, 4.69) is 30.2 Å². The van der Waals surface area contributed by atoms with Gasteiger partial charge in [-0.1, -0.05) is 39.5 Å². The van der Waals surface area contributed by atoms with Crippen LogP contribution in [0.3, 0.4) is 0 Å². The Morgan fingerprint density at radius 1 is 1.10 bits per heavy atom. The van der Waals surface area contributed by atoms with Gasteiger partial charge >= 0.3 is 0 Å². The van der Waals surface area contributed by atoms with Gasteiger partial charge in [-0.25, -0.2) is 0 Å². The van der Waals surface area contributed by atoms with Crippen molar-refractivity contribution in [3.63, 3.8) is 0 Å². The minimum Gasteiger partial charge on any atom is -0.489 e. The first-order chi connectivity index (χ1) is 10.2. The summed E-state index contributed by atoms with van der Waals surface area (Å²) in [7, 11) is 0. The zero-order valence-corrected chi connectivity index (χ0v) is 14.2. The Bertz CT molecular complexity index is 379. The molecule has 0 aliphatic rings. The first kappa shape index (κ1) is 18.0. The molecular weight excluding hydrogens is 260 g/mol. The molecule has 0 saturated carbocycles. The van der Waals surface area contributed by atoms with Crippen LogP contribution in [0.15, 0.2) is 18.5 Å². The van der Waals surface area contributed by atoms with Crippen LogP contribution in [0.1, 0.15) is 77.8 Å². The maximum absolute atomic E-state index is 5.76. The van der Waals surface area contributed by atoms with Crippen molar-refractivity contribution in [3.05, 3.63) is 24.0 Å². The smallest absolute Gasteiger partial charge is 0.138 e. The van der Waals surface area contributed by atoms with E-state index >= 15 is 0 Å². The Labute approximate surface area is 130 Å². The van der Waals surface area contributed by atoms with Gasteiger partial charge in [0.25, 0.3) is 0 Å². The van der Waals surface area contributed by atoms with Crippen molar-refractivity contribution in [2.45, 2.75) is 78.4 Å². The monoisotopic (exact) mass is 292 g/mol. The van der Waals surface area contributed by atoms with Gasteiger partial charge in [0.15, 0.2) is 0 Å². The van der Waals surface area contributed by atoms with Gasteiger partial charge in [0.2, 0.25) is 0 Å². The van der Waals surface area contributed by atoms with Crippen LogP contribution in [0.2, 0.25) is 0 Å². The molecule has 0 fully saturated rings. The van der Waals surface area contributed by atoms with Crippen molar-refractivity contribution in [1.29, 1.82) is 0 Å². The second kappa shape index (κ2) is 10.6. The van der Waals surface area contributed by atoms with E-state index in [1.165, 1.54) is 37.7 Å². The van der Waals surface area contributed by atoms with E-state index in [1.807, 2.05) is 20.0 Å². The van der Waals surface area contributed by atoms with Gasteiger partial charge in [0, 0.05) is 12.2 Å². The first-order valence-corrected chi connectivity index (χ1v) is 8.52. The summed E-state index contributed by atoms with van der Waals surface area (Å²) in [4.78, 5) is 4.35. The molecule has 1 heterocycles. The lowest BCUT2D eigenvalue weighted by Gasteiger charge is -2.20. The maximum atomic E-state index is 5.76. The predicted octanol–water partition coefficient (Wildman–Crippen LogP) is 4.88. The lowest BCUT2D eigenvalue weighted by Crippen LogP contribution is -2.22. The maximum Gasteiger partial charge on any atom is 0.138 e. The average molecular weight is 292 g/mol. The molecule has 1 rings (SSSR count). The van der Waals surface area contributed by atoms with Gasteiger partial charge < -0.3 is 10.1 Å². The highest BCUT2D eigenvalue weighted by Crippen LogP contribution is 2.23. The molecule has 0 saturated heterocycles. The van der Waals surface area contributed by atoms with Crippen molar-refractivity contribution in [2.24, 2.45) is 0 Å². The van der Waals surface area contributed by atoms with Crippen LogP contribution >= 0.6 is 0 Å². The molecule has 3 nitrogen and oxygen atoms in total. The van der Waals surface area contributed by atoms with E-state index < -0.39 is 0 Å². The van der Waals surface area contributed by atoms with Crippen molar-refractivity contribution >= 4 is 0 Å². The third-order valence-electron chi connectivity index (χ3n) is 3.50. The fourth-order valence-corrected chi connectivity index (χ4v) is 2.44. The zero-order valence-electron chi connectivity index (χ0n) is 14.2. The van der Waals surface area contributed by atoms with Crippen LogP contribution in [-0.4, -0.2) is 17.6 Å². The number of ether oxygens (including phenoxy) is 1. The van der Waals surface area contributed by atoms with E-state index in [0.29, 0.717) is 6.04 Å². The minimum absolute atomic E-state index is 0.189. The largest absolute Gasteiger partial charge is 0.489 e. The topological polar surface area (TPSA) is 34.2 Å². The highest BCUT2D eigenvalue weighted by Gasteiger charge is 2.12. The number of nitrogens with one attached hydrogen (secondary N) is 1. The Kier molecular flexibility index (Phi) is 9.07. The van der Waals surface area contributed by atoms with Gasteiger partial charge in [-0.3, -0.25) is 4.98 Å². The number of hydrogen-bond acceptors (Lipinski definition) is 3. The molecule has 1 aromatic heterocycles. The standard InChI is InChI=1S/C18H32N2O/c1-5-7-8-9-10-18(20-11-6-2)16-12-17(14-19-13-16)21-15(3)4/h12-15,18,20H,5-11H2,1-4H3. The number of rotatable bonds is 11. The second-order valence-electron chi connectivity index (χ2n) is 5.98. The van der Waals surface area contributed by atoms with Crippen molar-refractivity contribution in [1.82, 2.24) is 10.3 Å². The van der Waals surface area contributed by atoms with E-state index in [-0.39, 0.29) is 6.10 Å². The number of pyridine rings is 1. The van der Waals surface area contributed by atoms with E-state index in [1.54, 1.807) is 6.20 Å². The molecule has 21 heavy (non-hydrogen) atoms. The highest BCUT2D eigenvalue weighted by atomic mass is 16.5. The number of hydrogen-bond donors (Lipinski definition) is 1. The molecule has 1 atom stereocenters. The molecule has 0 bridgehead atoms. The van der Waals surface area contributed by atoms with Gasteiger partial charge in [-0.15, -0.1) is 0 Å². The van der Waals surface area contributed by atoms with Crippen molar-refractivity contribution < 1.29 is 4.74 Å². The summed E-state index contributed by atoms with van der Waals surface area (Å²) < 4.78 is 5.76. The molecule has 1 aromatic rings. The van der Waals surface area contributed by atoms with Crippen molar-refractivity contribution in [2.75, 3.05) is 6.54 Å². The Hall–Kier alpha value is -1.09. The summed E-state index contributed by atoms with van der Waals surface area (Å²) in [5, 5.41) is 3.65. The fraction of sp³-hybridized carbons (Fsp3) is 0.722. The van der Waals surface area contributed by atoms with Crippen LogP contribution in [0, 0.1) is 0 Å². The Morgan fingerprint density at radius 3 is 2.57 bits per heavy atom.